The van der Waals surface area contributed by atoms with Crippen LogP contribution in [-0.2, 0) is 9.47 Å². The van der Waals surface area contributed by atoms with Crippen molar-refractivity contribution in [1.82, 2.24) is 5.32 Å². The van der Waals surface area contributed by atoms with Crippen LogP contribution in [0.15, 0.2) is 0 Å². The standard InChI is InChI=1S/C17H33NO2/c1-14-12-17(2,3)8-7-16(14)18-9-5-10-19-13-15-6-4-11-20-15/h14-16,18H,4-13H2,1-3H3. The fourth-order valence-electron chi connectivity index (χ4n) is 3.70. The van der Waals surface area contributed by atoms with Crippen molar-refractivity contribution in [1.29, 1.82) is 0 Å². The van der Waals surface area contributed by atoms with Gasteiger partial charge in [0, 0.05) is 19.3 Å². The quantitative estimate of drug-likeness (QED) is 0.727. The first-order chi connectivity index (χ1) is 9.57. The van der Waals surface area contributed by atoms with Crippen molar-refractivity contribution in [3.05, 3.63) is 0 Å². The Labute approximate surface area is 124 Å². The van der Waals surface area contributed by atoms with Crippen molar-refractivity contribution in [2.75, 3.05) is 26.4 Å². The Hall–Kier alpha value is -0.120. The molecule has 1 heterocycles. The Morgan fingerprint density at radius 1 is 1.30 bits per heavy atom. The van der Waals surface area contributed by atoms with Crippen LogP contribution < -0.4 is 5.32 Å². The van der Waals surface area contributed by atoms with E-state index < -0.39 is 0 Å². The van der Waals surface area contributed by atoms with Gasteiger partial charge in [-0.15, -0.1) is 0 Å². The van der Waals surface area contributed by atoms with Crippen LogP contribution in [0.2, 0.25) is 0 Å². The maximum absolute atomic E-state index is 5.70. The van der Waals surface area contributed by atoms with Crippen LogP contribution in [-0.4, -0.2) is 38.5 Å². The number of rotatable bonds is 7. The molecule has 3 heteroatoms. The SMILES string of the molecule is CC1CC(C)(C)CCC1NCCCOCC1CCCO1. The lowest BCUT2D eigenvalue weighted by atomic mass is 9.70. The van der Waals surface area contributed by atoms with E-state index in [9.17, 15) is 0 Å². The fraction of sp³-hybridized carbons (Fsp3) is 1.00. The molecule has 2 fully saturated rings. The van der Waals surface area contributed by atoms with Gasteiger partial charge in [-0.25, -0.2) is 0 Å². The first kappa shape index (κ1) is 16.3. The van der Waals surface area contributed by atoms with Gasteiger partial charge in [-0.1, -0.05) is 20.8 Å². The van der Waals surface area contributed by atoms with Gasteiger partial charge in [0.15, 0.2) is 0 Å². The molecule has 0 aromatic carbocycles. The smallest absolute Gasteiger partial charge is 0.0809 e. The van der Waals surface area contributed by atoms with Crippen LogP contribution in [0.1, 0.15) is 59.3 Å². The van der Waals surface area contributed by atoms with E-state index in [-0.39, 0.29) is 0 Å². The largest absolute Gasteiger partial charge is 0.379 e. The molecular weight excluding hydrogens is 250 g/mol. The summed E-state index contributed by atoms with van der Waals surface area (Å²) in [6.45, 7) is 10.9. The van der Waals surface area contributed by atoms with E-state index in [2.05, 4.69) is 26.1 Å². The topological polar surface area (TPSA) is 30.5 Å². The van der Waals surface area contributed by atoms with Crippen LogP contribution in [0.4, 0.5) is 0 Å². The summed E-state index contributed by atoms with van der Waals surface area (Å²) in [6, 6.07) is 0.709. The average molecular weight is 283 g/mol. The molecule has 1 saturated carbocycles. The summed E-state index contributed by atoms with van der Waals surface area (Å²) in [6.07, 6.45) is 7.87. The minimum absolute atomic E-state index is 0.364. The van der Waals surface area contributed by atoms with Crippen molar-refractivity contribution in [3.63, 3.8) is 0 Å². The first-order valence-corrected chi connectivity index (χ1v) is 8.49. The number of nitrogens with one attached hydrogen (secondary N) is 1. The molecule has 3 atom stereocenters. The first-order valence-electron chi connectivity index (χ1n) is 8.49. The molecule has 1 N–H and O–H groups in total. The Bertz CT molecular complexity index is 274. The Morgan fingerprint density at radius 3 is 2.85 bits per heavy atom. The van der Waals surface area contributed by atoms with Gasteiger partial charge in [-0.3, -0.25) is 0 Å². The Balaban J connectivity index is 1.48. The monoisotopic (exact) mass is 283 g/mol. The molecule has 0 spiro atoms. The number of hydrogen-bond donors (Lipinski definition) is 1. The summed E-state index contributed by atoms with van der Waals surface area (Å²) in [7, 11) is 0. The van der Waals surface area contributed by atoms with Crippen molar-refractivity contribution < 1.29 is 9.47 Å². The van der Waals surface area contributed by atoms with Crippen LogP contribution in [0.3, 0.4) is 0 Å². The summed E-state index contributed by atoms with van der Waals surface area (Å²) in [5, 5.41) is 3.73. The second-order valence-corrected chi connectivity index (χ2v) is 7.51. The zero-order valence-electron chi connectivity index (χ0n) is 13.6. The van der Waals surface area contributed by atoms with Crippen LogP contribution in [0, 0.1) is 11.3 Å². The number of hydrogen-bond acceptors (Lipinski definition) is 3. The third-order valence-electron chi connectivity index (χ3n) is 4.89. The summed E-state index contributed by atoms with van der Waals surface area (Å²) in [5.74, 6) is 0.798. The van der Waals surface area contributed by atoms with Gasteiger partial charge < -0.3 is 14.8 Å². The van der Waals surface area contributed by atoms with Gasteiger partial charge >= 0.3 is 0 Å². The molecule has 1 aliphatic carbocycles. The van der Waals surface area contributed by atoms with Gasteiger partial charge in [-0.2, -0.15) is 0 Å². The molecule has 1 aliphatic heterocycles. The predicted molar refractivity (Wildman–Crippen MR) is 83.0 cm³/mol. The molecular formula is C17H33NO2. The second kappa shape index (κ2) is 7.77. The summed E-state index contributed by atoms with van der Waals surface area (Å²) in [4.78, 5) is 0. The van der Waals surface area contributed by atoms with E-state index in [0.717, 1.165) is 38.7 Å². The lowest BCUT2D eigenvalue weighted by Crippen LogP contribution is -2.42. The van der Waals surface area contributed by atoms with Crippen molar-refractivity contribution >= 4 is 0 Å². The normalized spacial score (nSPS) is 33.5. The highest BCUT2D eigenvalue weighted by molar-refractivity contribution is 4.86. The summed E-state index contributed by atoms with van der Waals surface area (Å²) >= 11 is 0. The molecule has 0 amide bonds. The van der Waals surface area contributed by atoms with Gasteiger partial charge in [0.2, 0.25) is 0 Å². The van der Waals surface area contributed by atoms with E-state index in [0.29, 0.717) is 17.6 Å². The predicted octanol–water partition coefficient (Wildman–Crippen LogP) is 3.38. The van der Waals surface area contributed by atoms with E-state index in [1.54, 1.807) is 0 Å². The molecule has 0 aromatic heterocycles. The Morgan fingerprint density at radius 2 is 2.15 bits per heavy atom. The fourth-order valence-corrected chi connectivity index (χ4v) is 3.70. The third kappa shape index (κ3) is 5.34. The summed E-state index contributed by atoms with van der Waals surface area (Å²) < 4.78 is 11.2. The van der Waals surface area contributed by atoms with Crippen molar-refractivity contribution in [2.45, 2.75) is 71.4 Å². The lowest BCUT2D eigenvalue weighted by molar-refractivity contribution is 0.0162. The zero-order valence-corrected chi connectivity index (χ0v) is 13.6. The molecule has 0 bridgehead atoms. The minimum atomic E-state index is 0.364. The van der Waals surface area contributed by atoms with Gasteiger partial charge in [0.1, 0.15) is 0 Å². The highest BCUT2D eigenvalue weighted by Crippen LogP contribution is 2.38. The highest BCUT2D eigenvalue weighted by atomic mass is 16.5. The molecule has 0 radical (unpaired) electrons. The summed E-state index contributed by atoms with van der Waals surface area (Å²) in [5.41, 5.74) is 0.544. The Kier molecular flexibility index (Phi) is 6.31. The molecule has 20 heavy (non-hydrogen) atoms. The highest BCUT2D eigenvalue weighted by Gasteiger charge is 2.31. The lowest BCUT2D eigenvalue weighted by Gasteiger charge is -2.39. The second-order valence-electron chi connectivity index (χ2n) is 7.51. The molecule has 3 unspecified atom stereocenters. The van der Waals surface area contributed by atoms with Gasteiger partial charge in [0.05, 0.1) is 12.7 Å². The van der Waals surface area contributed by atoms with Crippen molar-refractivity contribution in [3.8, 4) is 0 Å². The van der Waals surface area contributed by atoms with Crippen LogP contribution in [0.5, 0.6) is 0 Å². The van der Waals surface area contributed by atoms with E-state index in [1.165, 1.54) is 32.1 Å². The maximum Gasteiger partial charge on any atom is 0.0809 e. The molecule has 3 nitrogen and oxygen atoms in total. The maximum atomic E-state index is 5.70. The van der Waals surface area contributed by atoms with Gasteiger partial charge in [-0.05, 0) is 56.4 Å². The third-order valence-corrected chi connectivity index (χ3v) is 4.89. The average Bonchev–Trinajstić information content (AvgIpc) is 2.88. The van der Waals surface area contributed by atoms with Gasteiger partial charge in [0.25, 0.3) is 0 Å². The molecule has 1 saturated heterocycles. The molecule has 2 rings (SSSR count). The minimum Gasteiger partial charge on any atom is -0.379 e. The van der Waals surface area contributed by atoms with Crippen LogP contribution >= 0.6 is 0 Å². The zero-order chi connectivity index (χ0) is 14.4. The molecule has 118 valence electrons. The van der Waals surface area contributed by atoms with Crippen LogP contribution in [0.25, 0.3) is 0 Å². The van der Waals surface area contributed by atoms with Crippen molar-refractivity contribution in [2.24, 2.45) is 11.3 Å². The van der Waals surface area contributed by atoms with E-state index >= 15 is 0 Å². The number of ether oxygens (including phenoxy) is 2. The molecule has 0 aromatic rings. The molecule has 2 aliphatic rings. The van der Waals surface area contributed by atoms with E-state index in [4.69, 9.17) is 9.47 Å². The van der Waals surface area contributed by atoms with E-state index in [1.807, 2.05) is 0 Å².